The largest absolute Gasteiger partial charge is 0.338 e. The van der Waals surface area contributed by atoms with Crippen molar-refractivity contribution < 1.29 is 17.6 Å². The summed E-state index contributed by atoms with van der Waals surface area (Å²) in [6, 6.07) is 4.59. The van der Waals surface area contributed by atoms with E-state index in [0.717, 1.165) is 31.4 Å². The number of nitrogens with one attached hydrogen (secondary N) is 1. The molecule has 0 aromatic heterocycles. The van der Waals surface area contributed by atoms with Crippen LogP contribution in [0.1, 0.15) is 25.7 Å². The third-order valence-electron chi connectivity index (χ3n) is 3.97. The van der Waals surface area contributed by atoms with Crippen LogP contribution in [0, 0.1) is 5.82 Å². The second-order valence-corrected chi connectivity index (χ2v) is 7.34. The van der Waals surface area contributed by atoms with Crippen LogP contribution in [-0.2, 0) is 14.8 Å². The van der Waals surface area contributed by atoms with Gasteiger partial charge in [-0.25, -0.2) is 17.5 Å². The number of nitrogens with two attached hydrogens (primary N) is 1. The van der Waals surface area contributed by atoms with Crippen molar-refractivity contribution in [1.29, 1.82) is 0 Å². The summed E-state index contributed by atoms with van der Waals surface area (Å²) in [6.45, 7) is 1.10. The summed E-state index contributed by atoms with van der Waals surface area (Å²) in [5.74, 6) is -0.598. The van der Waals surface area contributed by atoms with Gasteiger partial charge in [-0.3, -0.25) is 4.79 Å². The highest BCUT2D eigenvalue weighted by atomic mass is 32.2. The molecule has 0 saturated carbocycles. The van der Waals surface area contributed by atoms with Crippen LogP contribution in [0.3, 0.4) is 0 Å². The van der Waals surface area contributed by atoms with E-state index in [9.17, 15) is 17.6 Å². The van der Waals surface area contributed by atoms with E-state index in [1.54, 1.807) is 4.90 Å². The molecule has 0 radical (unpaired) electrons. The summed E-state index contributed by atoms with van der Waals surface area (Å²) in [6.07, 6.45) is 2.98. The molecule has 8 heteroatoms. The second kappa shape index (κ2) is 7.85. The number of hydrogen-bond donors (Lipinski definition) is 2. The average molecular weight is 343 g/mol. The summed E-state index contributed by atoms with van der Waals surface area (Å²) >= 11 is 0. The minimum absolute atomic E-state index is 0.00628. The Morgan fingerprint density at radius 3 is 2.65 bits per heavy atom. The van der Waals surface area contributed by atoms with E-state index >= 15 is 0 Å². The molecule has 1 amide bonds. The number of carbonyl (C=O) groups is 1. The van der Waals surface area contributed by atoms with Crippen molar-refractivity contribution in [3.8, 4) is 0 Å². The Kier molecular flexibility index (Phi) is 6.09. The van der Waals surface area contributed by atoms with Gasteiger partial charge >= 0.3 is 0 Å². The second-order valence-electron chi connectivity index (χ2n) is 5.57. The summed E-state index contributed by atoms with van der Waals surface area (Å²) in [5.41, 5.74) is 5.68. The molecule has 1 aliphatic heterocycles. The molecule has 0 aliphatic carbocycles. The Morgan fingerprint density at radius 1 is 1.30 bits per heavy atom. The van der Waals surface area contributed by atoms with E-state index in [4.69, 9.17) is 5.73 Å². The van der Waals surface area contributed by atoms with E-state index in [-0.39, 0.29) is 29.8 Å². The van der Waals surface area contributed by atoms with Crippen LogP contribution >= 0.6 is 0 Å². The van der Waals surface area contributed by atoms with Gasteiger partial charge in [-0.2, -0.15) is 0 Å². The third-order valence-corrected chi connectivity index (χ3v) is 5.45. The van der Waals surface area contributed by atoms with E-state index in [1.165, 1.54) is 12.1 Å². The molecular formula is C15H22FN3O3S. The number of piperidine rings is 1. The quantitative estimate of drug-likeness (QED) is 0.800. The lowest BCUT2D eigenvalue weighted by molar-refractivity contribution is -0.134. The molecule has 2 rings (SSSR count). The monoisotopic (exact) mass is 343 g/mol. The molecule has 1 fully saturated rings. The number of halogens is 1. The molecule has 0 bridgehead atoms. The number of amides is 1. The zero-order chi connectivity index (χ0) is 16.9. The lowest BCUT2D eigenvalue weighted by atomic mass is 10.0. The first-order chi connectivity index (χ1) is 10.9. The van der Waals surface area contributed by atoms with Crippen molar-refractivity contribution in [3.05, 3.63) is 30.1 Å². The topological polar surface area (TPSA) is 92.5 Å². The Bertz CT molecular complexity index is 634. The highest BCUT2D eigenvalue weighted by Crippen LogP contribution is 2.17. The first-order valence-electron chi connectivity index (χ1n) is 7.69. The van der Waals surface area contributed by atoms with E-state index in [1.807, 2.05) is 0 Å². The van der Waals surface area contributed by atoms with Gasteiger partial charge in [0.15, 0.2) is 0 Å². The summed E-state index contributed by atoms with van der Waals surface area (Å²) < 4.78 is 39.3. The van der Waals surface area contributed by atoms with Crippen LogP contribution in [0.25, 0.3) is 0 Å². The molecule has 3 N–H and O–H groups in total. The molecule has 1 aliphatic rings. The molecule has 0 spiro atoms. The van der Waals surface area contributed by atoms with Crippen LogP contribution in [-0.4, -0.2) is 44.9 Å². The number of sulfonamides is 1. The standard InChI is InChI=1S/C15H22FN3O3S/c16-12-4-6-14(7-5-12)23(21,22)18-9-8-15(20)19-10-2-1-3-13(19)11-17/h4-7,13,18H,1-3,8-11,17H2. The molecule has 128 valence electrons. The van der Waals surface area contributed by atoms with Gasteiger partial charge in [-0.15, -0.1) is 0 Å². The van der Waals surface area contributed by atoms with Crippen molar-refractivity contribution in [2.45, 2.75) is 36.6 Å². The zero-order valence-corrected chi connectivity index (χ0v) is 13.7. The SMILES string of the molecule is NCC1CCCCN1C(=O)CCNS(=O)(=O)c1ccc(F)cc1. The molecule has 1 aromatic rings. The summed E-state index contributed by atoms with van der Waals surface area (Å²) in [7, 11) is -3.73. The van der Waals surface area contributed by atoms with Crippen molar-refractivity contribution in [3.63, 3.8) is 0 Å². The first-order valence-corrected chi connectivity index (χ1v) is 9.17. The van der Waals surface area contributed by atoms with E-state index < -0.39 is 15.8 Å². The molecule has 1 atom stereocenters. The van der Waals surface area contributed by atoms with E-state index in [2.05, 4.69) is 4.72 Å². The number of rotatable bonds is 6. The minimum Gasteiger partial charge on any atom is -0.338 e. The first kappa shape index (κ1) is 17.8. The Morgan fingerprint density at radius 2 is 2.00 bits per heavy atom. The van der Waals surface area contributed by atoms with Crippen LogP contribution in [0.4, 0.5) is 4.39 Å². The maximum Gasteiger partial charge on any atom is 0.240 e. The van der Waals surface area contributed by atoms with Gasteiger partial charge in [0.25, 0.3) is 0 Å². The summed E-state index contributed by atoms with van der Waals surface area (Å²) in [5, 5.41) is 0. The summed E-state index contributed by atoms with van der Waals surface area (Å²) in [4.78, 5) is 13.9. The minimum atomic E-state index is -3.73. The van der Waals surface area contributed by atoms with Gasteiger partial charge < -0.3 is 10.6 Å². The van der Waals surface area contributed by atoms with Gasteiger partial charge in [0.1, 0.15) is 5.82 Å². The van der Waals surface area contributed by atoms with Crippen molar-refractivity contribution in [1.82, 2.24) is 9.62 Å². The maximum absolute atomic E-state index is 12.8. The molecule has 1 aromatic carbocycles. The molecule has 1 unspecified atom stereocenters. The number of hydrogen-bond acceptors (Lipinski definition) is 4. The Balaban J connectivity index is 1.88. The molecule has 6 nitrogen and oxygen atoms in total. The zero-order valence-electron chi connectivity index (χ0n) is 12.9. The fraction of sp³-hybridized carbons (Fsp3) is 0.533. The predicted molar refractivity (Wildman–Crippen MR) is 84.6 cm³/mol. The molecule has 23 heavy (non-hydrogen) atoms. The third kappa shape index (κ3) is 4.73. The molecular weight excluding hydrogens is 321 g/mol. The van der Waals surface area contributed by atoms with E-state index in [0.29, 0.717) is 13.1 Å². The van der Waals surface area contributed by atoms with Crippen LogP contribution in [0.15, 0.2) is 29.2 Å². The average Bonchev–Trinajstić information content (AvgIpc) is 2.55. The fourth-order valence-electron chi connectivity index (χ4n) is 2.71. The fourth-order valence-corrected chi connectivity index (χ4v) is 3.74. The maximum atomic E-state index is 12.8. The number of carbonyl (C=O) groups excluding carboxylic acids is 1. The van der Waals surface area contributed by atoms with Crippen LogP contribution in [0.5, 0.6) is 0 Å². The van der Waals surface area contributed by atoms with Gasteiger partial charge in [-0.1, -0.05) is 0 Å². The number of benzene rings is 1. The van der Waals surface area contributed by atoms with Crippen LogP contribution < -0.4 is 10.5 Å². The Labute approximate surface area is 135 Å². The van der Waals surface area contributed by atoms with Gasteiger partial charge in [0, 0.05) is 32.1 Å². The van der Waals surface area contributed by atoms with Gasteiger partial charge in [0.05, 0.1) is 4.90 Å². The molecule has 1 heterocycles. The van der Waals surface area contributed by atoms with Crippen molar-refractivity contribution in [2.24, 2.45) is 5.73 Å². The lowest BCUT2D eigenvalue weighted by Gasteiger charge is -2.35. The Hall–Kier alpha value is -1.51. The van der Waals surface area contributed by atoms with Gasteiger partial charge in [-0.05, 0) is 43.5 Å². The van der Waals surface area contributed by atoms with Crippen LogP contribution in [0.2, 0.25) is 0 Å². The predicted octanol–water partition coefficient (Wildman–Crippen LogP) is 0.834. The highest BCUT2D eigenvalue weighted by molar-refractivity contribution is 7.89. The lowest BCUT2D eigenvalue weighted by Crippen LogP contribution is -2.48. The number of nitrogens with zero attached hydrogens (tertiary/aromatic N) is 1. The number of likely N-dealkylation sites (tertiary alicyclic amines) is 1. The normalized spacial score (nSPS) is 18.9. The van der Waals surface area contributed by atoms with Crippen molar-refractivity contribution >= 4 is 15.9 Å². The smallest absolute Gasteiger partial charge is 0.240 e. The molecule has 1 saturated heterocycles. The van der Waals surface area contributed by atoms with Crippen molar-refractivity contribution in [2.75, 3.05) is 19.6 Å². The highest BCUT2D eigenvalue weighted by Gasteiger charge is 2.25. The van der Waals surface area contributed by atoms with Gasteiger partial charge in [0.2, 0.25) is 15.9 Å².